The summed E-state index contributed by atoms with van der Waals surface area (Å²) in [6.07, 6.45) is 4.24. The Bertz CT molecular complexity index is 191. The average Bonchev–Trinajstić information content (AvgIpc) is 2.38. The van der Waals surface area contributed by atoms with E-state index in [1.165, 1.54) is 71.6 Å². The Morgan fingerprint density at radius 2 is 1.39 bits per heavy atom. The van der Waals surface area contributed by atoms with Crippen LogP contribution >= 0.6 is 24.8 Å². The fourth-order valence-electron chi connectivity index (χ4n) is 2.84. The van der Waals surface area contributed by atoms with Gasteiger partial charge in [-0.2, -0.15) is 0 Å². The molecule has 5 heteroatoms. The van der Waals surface area contributed by atoms with Crippen molar-refractivity contribution in [3.05, 3.63) is 0 Å². The van der Waals surface area contributed by atoms with Gasteiger partial charge in [0.05, 0.1) is 0 Å². The molecule has 18 heavy (non-hydrogen) atoms. The Kier molecular flexibility index (Phi) is 10.5. The van der Waals surface area contributed by atoms with Crippen LogP contribution in [0.25, 0.3) is 0 Å². The van der Waals surface area contributed by atoms with Gasteiger partial charge in [0.2, 0.25) is 0 Å². The SMILES string of the molecule is CCC1CCN(CCN2CCNCC2)CC1.Cl.Cl. The van der Waals surface area contributed by atoms with Crippen LogP contribution in [0.1, 0.15) is 26.2 Å². The minimum Gasteiger partial charge on any atom is -0.314 e. The maximum Gasteiger partial charge on any atom is 0.0110 e. The third kappa shape index (κ3) is 6.07. The molecule has 0 aromatic carbocycles. The predicted molar refractivity (Wildman–Crippen MR) is 83.3 cm³/mol. The Hall–Kier alpha value is 0.460. The molecule has 2 rings (SSSR count). The van der Waals surface area contributed by atoms with E-state index in [1.54, 1.807) is 0 Å². The second-order valence-electron chi connectivity index (χ2n) is 5.28. The summed E-state index contributed by atoms with van der Waals surface area (Å²) in [5.74, 6) is 1.01. The Balaban J connectivity index is 0.00000144. The standard InChI is InChI=1S/C13H27N3.2ClH/c1-2-13-3-7-15(8-4-13)11-12-16-9-5-14-6-10-16;;/h13-14H,2-12H2,1H3;2*1H. The second kappa shape index (κ2) is 10.3. The maximum absolute atomic E-state index is 3.41. The molecule has 0 aromatic heterocycles. The normalized spacial score (nSPS) is 23.2. The van der Waals surface area contributed by atoms with Gasteiger partial charge in [-0.15, -0.1) is 24.8 Å². The van der Waals surface area contributed by atoms with Crippen molar-refractivity contribution in [2.45, 2.75) is 26.2 Å². The first kappa shape index (κ1) is 18.5. The molecular weight excluding hydrogens is 269 g/mol. The summed E-state index contributed by atoms with van der Waals surface area (Å²) in [6, 6.07) is 0. The van der Waals surface area contributed by atoms with Gasteiger partial charge in [-0.25, -0.2) is 0 Å². The molecule has 0 unspecified atom stereocenters. The van der Waals surface area contributed by atoms with Crippen molar-refractivity contribution in [2.75, 3.05) is 52.4 Å². The Morgan fingerprint density at radius 3 is 1.89 bits per heavy atom. The van der Waals surface area contributed by atoms with E-state index in [4.69, 9.17) is 0 Å². The summed E-state index contributed by atoms with van der Waals surface area (Å²) in [4.78, 5) is 5.26. The van der Waals surface area contributed by atoms with Crippen molar-refractivity contribution in [1.29, 1.82) is 0 Å². The van der Waals surface area contributed by atoms with Crippen LogP contribution in [-0.4, -0.2) is 62.2 Å². The topological polar surface area (TPSA) is 18.5 Å². The van der Waals surface area contributed by atoms with Crippen molar-refractivity contribution >= 4 is 24.8 Å². The number of nitrogens with zero attached hydrogens (tertiary/aromatic N) is 2. The fourth-order valence-corrected chi connectivity index (χ4v) is 2.84. The van der Waals surface area contributed by atoms with Crippen LogP contribution in [0.4, 0.5) is 0 Å². The van der Waals surface area contributed by atoms with Crippen LogP contribution in [0.3, 0.4) is 0 Å². The first-order valence-corrected chi connectivity index (χ1v) is 7.04. The summed E-state index contributed by atoms with van der Waals surface area (Å²) in [7, 11) is 0. The van der Waals surface area contributed by atoms with Gasteiger partial charge in [-0.05, 0) is 31.8 Å². The van der Waals surface area contributed by atoms with Crippen molar-refractivity contribution in [3.8, 4) is 0 Å². The number of rotatable bonds is 4. The lowest BCUT2D eigenvalue weighted by atomic mass is 9.94. The largest absolute Gasteiger partial charge is 0.314 e. The van der Waals surface area contributed by atoms with Gasteiger partial charge in [0.25, 0.3) is 0 Å². The van der Waals surface area contributed by atoms with E-state index in [9.17, 15) is 0 Å². The molecule has 0 aromatic rings. The van der Waals surface area contributed by atoms with Crippen molar-refractivity contribution in [3.63, 3.8) is 0 Å². The molecule has 0 saturated carbocycles. The number of halogens is 2. The van der Waals surface area contributed by atoms with Crippen LogP contribution in [0, 0.1) is 5.92 Å². The van der Waals surface area contributed by atoms with Gasteiger partial charge in [-0.1, -0.05) is 13.3 Å². The van der Waals surface area contributed by atoms with Gasteiger partial charge in [0.15, 0.2) is 0 Å². The summed E-state index contributed by atoms with van der Waals surface area (Å²) >= 11 is 0. The highest BCUT2D eigenvalue weighted by Crippen LogP contribution is 2.19. The molecule has 0 atom stereocenters. The van der Waals surface area contributed by atoms with Crippen LogP contribution < -0.4 is 5.32 Å². The lowest BCUT2D eigenvalue weighted by molar-refractivity contribution is 0.148. The lowest BCUT2D eigenvalue weighted by Gasteiger charge is -2.34. The van der Waals surface area contributed by atoms with E-state index in [0.717, 1.165) is 5.92 Å². The molecule has 0 spiro atoms. The monoisotopic (exact) mass is 297 g/mol. The van der Waals surface area contributed by atoms with E-state index < -0.39 is 0 Å². The maximum atomic E-state index is 3.41. The van der Waals surface area contributed by atoms with Crippen LogP contribution in [-0.2, 0) is 0 Å². The van der Waals surface area contributed by atoms with E-state index >= 15 is 0 Å². The highest BCUT2D eigenvalue weighted by Gasteiger charge is 2.18. The third-order valence-corrected chi connectivity index (χ3v) is 4.23. The molecule has 0 bridgehead atoms. The van der Waals surface area contributed by atoms with E-state index in [1.807, 2.05) is 0 Å². The molecule has 1 N–H and O–H groups in total. The zero-order valence-electron chi connectivity index (χ0n) is 11.6. The van der Waals surface area contributed by atoms with Crippen molar-refractivity contribution in [1.82, 2.24) is 15.1 Å². The zero-order valence-corrected chi connectivity index (χ0v) is 13.2. The molecule has 2 aliphatic rings. The van der Waals surface area contributed by atoms with Crippen LogP contribution in [0.15, 0.2) is 0 Å². The van der Waals surface area contributed by atoms with E-state index in [-0.39, 0.29) is 24.8 Å². The predicted octanol–water partition coefficient (Wildman–Crippen LogP) is 1.86. The van der Waals surface area contributed by atoms with E-state index in [2.05, 4.69) is 22.0 Å². The minimum atomic E-state index is 0. The summed E-state index contributed by atoms with van der Waals surface area (Å²) in [6.45, 7) is 12.4. The molecule has 0 aliphatic carbocycles. The number of piperazine rings is 1. The fraction of sp³-hybridized carbons (Fsp3) is 1.00. The molecule has 2 saturated heterocycles. The quantitative estimate of drug-likeness (QED) is 0.854. The van der Waals surface area contributed by atoms with Gasteiger partial charge in [0.1, 0.15) is 0 Å². The molecular formula is C13H29Cl2N3. The summed E-state index contributed by atoms with van der Waals surface area (Å²) in [5, 5.41) is 3.41. The van der Waals surface area contributed by atoms with Crippen LogP contribution in [0.2, 0.25) is 0 Å². The minimum absolute atomic E-state index is 0. The van der Waals surface area contributed by atoms with Crippen molar-refractivity contribution in [2.24, 2.45) is 5.92 Å². The van der Waals surface area contributed by atoms with Gasteiger partial charge in [0, 0.05) is 39.3 Å². The molecule has 110 valence electrons. The highest BCUT2D eigenvalue weighted by molar-refractivity contribution is 5.85. The molecule has 0 radical (unpaired) electrons. The number of likely N-dealkylation sites (tertiary alicyclic amines) is 1. The number of piperidine rings is 1. The first-order chi connectivity index (χ1) is 7.88. The van der Waals surface area contributed by atoms with Gasteiger partial charge >= 0.3 is 0 Å². The summed E-state index contributed by atoms with van der Waals surface area (Å²) in [5.41, 5.74) is 0. The lowest BCUT2D eigenvalue weighted by Crippen LogP contribution is -2.47. The number of hydrogen-bond acceptors (Lipinski definition) is 3. The number of hydrogen-bond donors (Lipinski definition) is 1. The molecule has 2 aliphatic heterocycles. The number of nitrogens with one attached hydrogen (secondary N) is 1. The van der Waals surface area contributed by atoms with Crippen LogP contribution in [0.5, 0.6) is 0 Å². The Morgan fingerprint density at radius 1 is 0.889 bits per heavy atom. The third-order valence-electron chi connectivity index (χ3n) is 4.23. The zero-order chi connectivity index (χ0) is 11.2. The molecule has 2 heterocycles. The van der Waals surface area contributed by atoms with E-state index in [0.29, 0.717) is 0 Å². The Labute approximate surface area is 124 Å². The van der Waals surface area contributed by atoms with Gasteiger partial charge in [-0.3, -0.25) is 4.90 Å². The second-order valence-corrected chi connectivity index (χ2v) is 5.28. The molecule has 3 nitrogen and oxygen atoms in total. The van der Waals surface area contributed by atoms with Crippen molar-refractivity contribution < 1.29 is 0 Å². The summed E-state index contributed by atoms with van der Waals surface area (Å²) < 4.78 is 0. The highest BCUT2D eigenvalue weighted by atomic mass is 35.5. The first-order valence-electron chi connectivity index (χ1n) is 7.04. The average molecular weight is 298 g/mol. The molecule has 0 amide bonds. The van der Waals surface area contributed by atoms with Gasteiger partial charge < -0.3 is 10.2 Å². The molecule has 2 fully saturated rings. The smallest absolute Gasteiger partial charge is 0.0110 e.